The third-order valence-corrected chi connectivity index (χ3v) is 15.3. The van der Waals surface area contributed by atoms with Crippen molar-refractivity contribution >= 4 is 39.0 Å². The van der Waals surface area contributed by atoms with Crippen molar-refractivity contribution in [2.75, 3.05) is 6.54 Å². The first kappa shape index (κ1) is 13.6. The van der Waals surface area contributed by atoms with Crippen LogP contribution in [0, 0.1) is 5.92 Å². The second-order valence-electron chi connectivity index (χ2n) is 4.91. The average Bonchev–Trinajstić information content (AvgIpc) is 2.29. The molecule has 2 nitrogen and oxygen atoms in total. The Bertz CT molecular complexity index is 276. The largest absolute Gasteiger partial charge is 0.339 e. The number of carbonyl (C=O) groups is 1. The molecular formula is C10H21NOP4. The zero-order valence-electron chi connectivity index (χ0n) is 9.72. The van der Waals surface area contributed by atoms with Gasteiger partial charge in [-0.05, 0) is 30.8 Å². The Hall–Kier alpha value is 1.19. The van der Waals surface area contributed by atoms with Gasteiger partial charge in [0.25, 0.3) is 0 Å². The van der Waals surface area contributed by atoms with E-state index in [1.807, 2.05) is 0 Å². The van der Waals surface area contributed by atoms with E-state index in [0.29, 0.717) is 17.9 Å². The van der Waals surface area contributed by atoms with Crippen molar-refractivity contribution in [1.29, 1.82) is 0 Å². The maximum absolute atomic E-state index is 11.8. The zero-order chi connectivity index (χ0) is 11.7. The van der Waals surface area contributed by atoms with Crippen LogP contribution in [0.4, 0.5) is 0 Å². The Morgan fingerprint density at radius 1 is 1.56 bits per heavy atom. The standard InChI is InChI=1S/C10H21NOP4/c1-7-6-11-8(3-2-4-10(11)12)5-9(7)16(14)15-13/h7-9,15H,2-6,13-14H2,1H3/t7-,8?,9+,16?/m1/s1. The van der Waals surface area contributed by atoms with Crippen LogP contribution >= 0.6 is 33.1 Å². The van der Waals surface area contributed by atoms with Gasteiger partial charge in [0, 0.05) is 19.0 Å². The molecule has 2 aliphatic rings. The minimum absolute atomic E-state index is 0.0870. The van der Waals surface area contributed by atoms with E-state index in [1.54, 1.807) is 0 Å². The predicted octanol–water partition coefficient (Wildman–Crippen LogP) is 3.43. The highest BCUT2D eigenvalue weighted by atomic mass is 32.6. The van der Waals surface area contributed by atoms with Crippen molar-refractivity contribution < 1.29 is 4.79 Å². The lowest BCUT2D eigenvalue weighted by Gasteiger charge is -2.47. The van der Waals surface area contributed by atoms with Crippen LogP contribution in [0.15, 0.2) is 0 Å². The van der Waals surface area contributed by atoms with E-state index in [1.165, 1.54) is 12.8 Å². The lowest BCUT2D eigenvalue weighted by Crippen LogP contribution is -2.52. The second-order valence-corrected chi connectivity index (χ2v) is 14.5. The summed E-state index contributed by atoms with van der Waals surface area (Å²) >= 11 is 0. The summed E-state index contributed by atoms with van der Waals surface area (Å²) in [5.41, 5.74) is 0.850. The van der Waals surface area contributed by atoms with Crippen LogP contribution in [0.2, 0.25) is 0 Å². The summed E-state index contributed by atoms with van der Waals surface area (Å²) in [5.74, 6) is 1.10. The minimum Gasteiger partial charge on any atom is -0.339 e. The van der Waals surface area contributed by atoms with Crippen molar-refractivity contribution in [2.45, 2.75) is 44.3 Å². The Balaban J connectivity index is 2.05. The summed E-state index contributed by atoms with van der Waals surface area (Å²) in [6.45, 7) is 3.34. The molecule has 2 saturated heterocycles. The Labute approximate surface area is 106 Å². The Kier molecular flexibility index (Phi) is 5.01. The molecule has 7 atom stereocenters. The molecule has 6 heteroatoms. The van der Waals surface area contributed by atoms with Crippen LogP contribution in [0.5, 0.6) is 0 Å². The minimum atomic E-state index is 0.0870. The topological polar surface area (TPSA) is 20.3 Å². The van der Waals surface area contributed by atoms with Gasteiger partial charge in [0.1, 0.15) is 0 Å². The average molecular weight is 295 g/mol. The van der Waals surface area contributed by atoms with Crippen LogP contribution in [-0.2, 0) is 4.79 Å². The molecule has 0 aromatic carbocycles. The van der Waals surface area contributed by atoms with Crippen LogP contribution in [0.25, 0.3) is 0 Å². The summed E-state index contributed by atoms with van der Waals surface area (Å²) in [5, 5.41) is 0. The molecule has 0 spiro atoms. The first-order chi connectivity index (χ1) is 7.63. The number of rotatable bonds is 2. The molecule has 2 heterocycles. The number of hydrogen-bond acceptors (Lipinski definition) is 1. The first-order valence-corrected chi connectivity index (χ1v) is 12.6. The Morgan fingerprint density at radius 3 is 3.00 bits per heavy atom. The number of amides is 1. The fourth-order valence-electron chi connectivity index (χ4n) is 2.91. The van der Waals surface area contributed by atoms with Crippen molar-refractivity contribution in [3.63, 3.8) is 0 Å². The molecular weight excluding hydrogens is 274 g/mol. The molecule has 2 fully saturated rings. The highest BCUT2D eigenvalue weighted by molar-refractivity contribution is 8.61. The molecule has 16 heavy (non-hydrogen) atoms. The van der Waals surface area contributed by atoms with Gasteiger partial charge in [0.2, 0.25) is 5.91 Å². The smallest absolute Gasteiger partial charge is 0.222 e. The summed E-state index contributed by atoms with van der Waals surface area (Å²) in [6, 6.07) is 0.564. The number of piperidine rings is 2. The molecule has 0 aliphatic carbocycles. The second kappa shape index (κ2) is 5.89. The molecule has 1 amide bonds. The van der Waals surface area contributed by atoms with E-state index in [2.05, 4.69) is 29.7 Å². The van der Waals surface area contributed by atoms with E-state index in [0.717, 1.165) is 33.0 Å². The van der Waals surface area contributed by atoms with Crippen LogP contribution in [0.1, 0.15) is 32.6 Å². The maximum Gasteiger partial charge on any atom is 0.222 e. The quantitative estimate of drug-likeness (QED) is 0.715. The molecule has 2 aliphatic heterocycles. The van der Waals surface area contributed by atoms with Crippen LogP contribution < -0.4 is 0 Å². The van der Waals surface area contributed by atoms with Gasteiger partial charge in [-0.15, -0.1) is 17.9 Å². The Morgan fingerprint density at radius 2 is 2.31 bits per heavy atom. The predicted molar refractivity (Wildman–Crippen MR) is 81.6 cm³/mol. The molecule has 5 unspecified atom stereocenters. The molecule has 92 valence electrons. The van der Waals surface area contributed by atoms with E-state index in [9.17, 15) is 4.79 Å². The number of fused-ring (bicyclic) bond motifs is 1. The van der Waals surface area contributed by atoms with Crippen LogP contribution in [-0.4, -0.2) is 29.1 Å². The lowest BCUT2D eigenvalue weighted by atomic mass is 9.88. The maximum atomic E-state index is 11.8. The van der Waals surface area contributed by atoms with Gasteiger partial charge in [-0.3, -0.25) is 4.79 Å². The summed E-state index contributed by atoms with van der Waals surface area (Å²) < 4.78 is 0. The summed E-state index contributed by atoms with van der Waals surface area (Å²) in [6.07, 6.45) is 4.39. The summed E-state index contributed by atoms with van der Waals surface area (Å²) in [7, 11) is 7.05. The highest BCUT2D eigenvalue weighted by Crippen LogP contribution is 2.71. The van der Waals surface area contributed by atoms with E-state index in [4.69, 9.17) is 0 Å². The van der Waals surface area contributed by atoms with Crippen molar-refractivity contribution in [3.8, 4) is 0 Å². The number of hydrogen-bond donors (Lipinski definition) is 0. The molecule has 0 N–H and O–H groups in total. The monoisotopic (exact) mass is 295 g/mol. The van der Waals surface area contributed by atoms with E-state index < -0.39 is 0 Å². The SMILES string of the molecule is C[C@@H]1CN2C(=O)CCCC2C[C@@H]1P(P)PP. The van der Waals surface area contributed by atoms with Gasteiger partial charge in [-0.2, -0.15) is 0 Å². The third kappa shape index (κ3) is 2.78. The summed E-state index contributed by atoms with van der Waals surface area (Å²) in [4.78, 5) is 14.0. The first-order valence-electron chi connectivity index (χ1n) is 5.93. The number of nitrogens with zero attached hydrogens (tertiary/aromatic N) is 1. The van der Waals surface area contributed by atoms with Gasteiger partial charge in [0.15, 0.2) is 0 Å². The van der Waals surface area contributed by atoms with E-state index >= 15 is 0 Å². The molecule has 0 bridgehead atoms. The third-order valence-electron chi connectivity index (χ3n) is 3.85. The van der Waals surface area contributed by atoms with Crippen molar-refractivity contribution in [3.05, 3.63) is 0 Å². The lowest BCUT2D eigenvalue weighted by molar-refractivity contribution is -0.138. The molecule has 0 aromatic heterocycles. The van der Waals surface area contributed by atoms with Gasteiger partial charge in [-0.25, -0.2) is 0 Å². The van der Waals surface area contributed by atoms with E-state index in [-0.39, 0.29) is 7.30 Å². The van der Waals surface area contributed by atoms with Crippen molar-refractivity contribution in [1.82, 2.24) is 4.90 Å². The normalized spacial score (nSPS) is 37.8. The highest BCUT2D eigenvalue weighted by Gasteiger charge is 2.39. The molecule has 0 aromatic rings. The fourth-order valence-corrected chi connectivity index (χ4v) is 8.84. The van der Waals surface area contributed by atoms with Gasteiger partial charge in [0.05, 0.1) is 0 Å². The molecule has 0 saturated carbocycles. The van der Waals surface area contributed by atoms with Gasteiger partial charge >= 0.3 is 0 Å². The molecule has 2 rings (SSSR count). The molecule has 0 radical (unpaired) electrons. The zero-order valence-corrected chi connectivity index (χ0v) is 13.9. The van der Waals surface area contributed by atoms with Gasteiger partial charge in [-0.1, -0.05) is 22.2 Å². The number of carbonyl (C=O) groups excluding carboxylic acids is 1. The van der Waals surface area contributed by atoms with Gasteiger partial charge < -0.3 is 4.90 Å². The van der Waals surface area contributed by atoms with Crippen molar-refractivity contribution in [2.24, 2.45) is 5.92 Å². The van der Waals surface area contributed by atoms with Crippen LogP contribution in [0.3, 0.4) is 0 Å². The fraction of sp³-hybridized carbons (Fsp3) is 0.900.